The molecule has 0 aromatic rings. The maximum Gasteiger partial charge on any atom is 0.333 e. The summed E-state index contributed by atoms with van der Waals surface area (Å²) >= 11 is 0. The molecule has 17 heavy (non-hydrogen) atoms. The highest BCUT2D eigenvalue weighted by atomic mass is 16.5. The molecule has 0 aliphatic rings. The van der Waals surface area contributed by atoms with E-state index in [-0.39, 0.29) is 18.4 Å². The lowest BCUT2D eigenvalue weighted by Crippen LogP contribution is -2.18. The highest BCUT2D eigenvalue weighted by Crippen LogP contribution is 2.24. The second-order valence-corrected chi connectivity index (χ2v) is 4.52. The maximum absolute atomic E-state index is 11.4. The SMILES string of the molecule is CCOC(=O)CC(C)(C)/C=C(\C)C(=O)OCC. The highest BCUT2D eigenvalue weighted by Gasteiger charge is 2.22. The number of carbonyl (C=O) groups excluding carboxylic acids is 2. The number of rotatable bonds is 6. The molecule has 0 N–H and O–H groups in total. The van der Waals surface area contributed by atoms with Crippen molar-refractivity contribution < 1.29 is 19.1 Å². The van der Waals surface area contributed by atoms with E-state index in [2.05, 4.69) is 0 Å². The molecule has 0 saturated heterocycles. The first-order valence-electron chi connectivity index (χ1n) is 5.84. The first-order chi connectivity index (χ1) is 7.82. The van der Waals surface area contributed by atoms with Crippen LogP contribution in [0.15, 0.2) is 11.6 Å². The normalized spacial score (nSPS) is 12.2. The largest absolute Gasteiger partial charge is 0.466 e. The number of ether oxygens (including phenoxy) is 2. The molecule has 0 amide bonds. The number of hydrogen-bond donors (Lipinski definition) is 0. The van der Waals surface area contributed by atoms with Gasteiger partial charge in [-0.1, -0.05) is 19.9 Å². The molecule has 0 radical (unpaired) electrons. The van der Waals surface area contributed by atoms with Crippen LogP contribution in [0.2, 0.25) is 0 Å². The van der Waals surface area contributed by atoms with Crippen LogP contribution < -0.4 is 0 Å². The minimum atomic E-state index is -0.414. The average Bonchev–Trinajstić information content (AvgIpc) is 2.16. The van der Waals surface area contributed by atoms with Gasteiger partial charge in [-0.05, 0) is 26.2 Å². The van der Waals surface area contributed by atoms with Gasteiger partial charge in [-0.3, -0.25) is 4.79 Å². The number of allylic oxidation sites excluding steroid dienone is 1. The second kappa shape index (κ2) is 7.09. The summed E-state index contributed by atoms with van der Waals surface area (Å²) in [5, 5.41) is 0. The molecule has 0 atom stereocenters. The lowest BCUT2D eigenvalue weighted by Gasteiger charge is -2.19. The number of esters is 2. The summed E-state index contributed by atoms with van der Waals surface area (Å²) in [6.07, 6.45) is 2.00. The van der Waals surface area contributed by atoms with E-state index in [1.165, 1.54) is 0 Å². The van der Waals surface area contributed by atoms with Crippen LogP contribution >= 0.6 is 0 Å². The third kappa shape index (κ3) is 6.76. The molecular weight excluding hydrogens is 220 g/mol. The van der Waals surface area contributed by atoms with Gasteiger partial charge in [-0.25, -0.2) is 4.79 Å². The van der Waals surface area contributed by atoms with Gasteiger partial charge in [0.15, 0.2) is 0 Å². The summed E-state index contributed by atoms with van der Waals surface area (Å²) in [5.74, 6) is -0.602. The lowest BCUT2D eigenvalue weighted by atomic mass is 9.87. The minimum absolute atomic E-state index is 0.248. The Morgan fingerprint density at radius 1 is 1.12 bits per heavy atom. The van der Waals surface area contributed by atoms with Crippen molar-refractivity contribution in [3.05, 3.63) is 11.6 Å². The fourth-order valence-corrected chi connectivity index (χ4v) is 1.53. The number of hydrogen-bond acceptors (Lipinski definition) is 4. The van der Waals surface area contributed by atoms with Gasteiger partial charge < -0.3 is 9.47 Å². The molecule has 0 saturated carbocycles. The molecule has 0 unspecified atom stereocenters. The van der Waals surface area contributed by atoms with Crippen LogP contribution in [0, 0.1) is 5.41 Å². The minimum Gasteiger partial charge on any atom is -0.466 e. The molecule has 4 heteroatoms. The third-order valence-electron chi connectivity index (χ3n) is 2.11. The number of carbonyl (C=O) groups is 2. The van der Waals surface area contributed by atoms with Crippen molar-refractivity contribution in [2.75, 3.05) is 13.2 Å². The zero-order valence-electron chi connectivity index (χ0n) is 11.3. The summed E-state index contributed by atoms with van der Waals surface area (Å²) in [6, 6.07) is 0. The Morgan fingerprint density at radius 2 is 1.65 bits per heavy atom. The standard InChI is InChI=1S/C13H22O4/c1-6-16-11(14)9-13(4,5)8-10(3)12(15)17-7-2/h8H,6-7,9H2,1-5H3/b10-8+. The van der Waals surface area contributed by atoms with Crippen LogP contribution in [-0.2, 0) is 19.1 Å². The van der Waals surface area contributed by atoms with Crippen molar-refractivity contribution in [1.29, 1.82) is 0 Å². The molecule has 0 heterocycles. The van der Waals surface area contributed by atoms with Gasteiger partial charge in [0.2, 0.25) is 0 Å². The molecule has 0 spiro atoms. The quantitative estimate of drug-likeness (QED) is 0.530. The molecule has 0 rings (SSSR count). The van der Waals surface area contributed by atoms with Crippen LogP contribution in [0.1, 0.15) is 41.0 Å². The van der Waals surface area contributed by atoms with Crippen molar-refractivity contribution in [2.45, 2.75) is 41.0 Å². The molecule has 0 aliphatic carbocycles. The lowest BCUT2D eigenvalue weighted by molar-refractivity contribution is -0.145. The Bertz CT molecular complexity index is 303. The zero-order chi connectivity index (χ0) is 13.5. The Kier molecular flexibility index (Phi) is 6.54. The summed E-state index contributed by atoms with van der Waals surface area (Å²) in [5.41, 5.74) is 0.101. The zero-order valence-corrected chi connectivity index (χ0v) is 11.3. The van der Waals surface area contributed by atoms with Gasteiger partial charge in [-0.2, -0.15) is 0 Å². The maximum atomic E-state index is 11.4. The van der Waals surface area contributed by atoms with Crippen LogP contribution in [0.4, 0.5) is 0 Å². The molecule has 98 valence electrons. The predicted octanol–water partition coefficient (Wildman–Crippen LogP) is 2.48. The van der Waals surface area contributed by atoms with Crippen molar-refractivity contribution in [2.24, 2.45) is 5.41 Å². The van der Waals surface area contributed by atoms with Crippen molar-refractivity contribution in [3.63, 3.8) is 0 Å². The Morgan fingerprint density at radius 3 is 2.12 bits per heavy atom. The second-order valence-electron chi connectivity index (χ2n) is 4.52. The highest BCUT2D eigenvalue weighted by molar-refractivity contribution is 5.88. The average molecular weight is 242 g/mol. The van der Waals surface area contributed by atoms with Gasteiger partial charge in [-0.15, -0.1) is 0 Å². The molecule has 0 bridgehead atoms. The van der Waals surface area contributed by atoms with E-state index in [0.29, 0.717) is 18.8 Å². The molecular formula is C13H22O4. The Labute approximate surface area is 103 Å². The fraction of sp³-hybridized carbons (Fsp3) is 0.692. The smallest absolute Gasteiger partial charge is 0.333 e. The van der Waals surface area contributed by atoms with Gasteiger partial charge in [0.1, 0.15) is 0 Å². The van der Waals surface area contributed by atoms with Crippen molar-refractivity contribution in [3.8, 4) is 0 Å². The van der Waals surface area contributed by atoms with Crippen LogP contribution in [0.25, 0.3) is 0 Å². The van der Waals surface area contributed by atoms with Crippen LogP contribution in [0.3, 0.4) is 0 Å². The van der Waals surface area contributed by atoms with E-state index < -0.39 is 5.41 Å². The first kappa shape index (κ1) is 15.7. The summed E-state index contributed by atoms with van der Waals surface area (Å²) in [6.45, 7) is 9.70. The topological polar surface area (TPSA) is 52.6 Å². The predicted molar refractivity (Wildman–Crippen MR) is 65.4 cm³/mol. The third-order valence-corrected chi connectivity index (χ3v) is 2.11. The molecule has 0 aromatic heterocycles. The summed E-state index contributed by atoms with van der Waals surface area (Å²) in [7, 11) is 0. The van der Waals surface area contributed by atoms with Crippen LogP contribution in [-0.4, -0.2) is 25.2 Å². The summed E-state index contributed by atoms with van der Waals surface area (Å²) < 4.78 is 9.76. The van der Waals surface area contributed by atoms with Gasteiger partial charge in [0, 0.05) is 5.57 Å². The Hall–Kier alpha value is -1.32. The Balaban J connectivity index is 4.55. The van der Waals surface area contributed by atoms with Gasteiger partial charge in [0.05, 0.1) is 19.6 Å². The molecule has 0 fully saturated rings. The summed E-state index contributed by atoms with van der Waals surface area (Å²) in [4.78, 5) is 22.8. The van der Waals surface area contributed by atoms with E-state index in [1.54, 1.807) is 26.8 Å². The van der Waals surface area contributed by atoms with Crippen LogP contribution in [0.5, 0.6) is 0 Å². The first-order valence-corrected chi connectivity index (χ1v) is 5.84. The molecule has 0 aromatic carbocycles. The van der Waals surface area contributed by atoms with Crippen molar-refractivity contribution >= 4 is 11.9 Å². The fourth-order valence-electron chi connectivity index (χ4n) is 1.53. The van der Waals surface area contributed by atoms with E-state index in [9.17, 15) is 9.59 Å². The van der Waals surface area contributed by atoms with E-state index >= 15 is 0 Å². The van der Waals surface area contributed by atoms with Gasteiger partial charge in [0.25, 0.3) is 0 Å². The van der Waals surface area contributed by atoms with Crippen molar-refractivity contribution in [1.82, 2.24) is 0 Å². The molecule has 4 nitrogen and oxygen atoms in total. The van der Waals surface area contributed by atoms with E-state index in [1.807, 2.05) is 13.8 Å². The monoisotopic (exact) mass is 242 g/mol. The van der Waals surface area contributed by atoms with E-state index in [4.69, 9.17) is 9.47 Å². The van der Waals surface area contributed by atoms with Gasteiger partial charge >= 0.3 is 11.9 Å². The molecule has 0 aliphatic heterocycles. The van der Waals surface area contributed by atoms with E-state index in [0.717, 1.165) is 0 Å².